The van der Waals surface area contributed by atoms with Crippen LogP contribution in [0.5, 0.6) is 0 Å². The second-order valence-electron chi connectivity index (χ2n) is 4.07. The van der Waals surface area contributed by atoms with Gasteiger partial charge in [0.15, 0.2) is 0 Å². The van der Waals surface area contributed by atoms with E-state index in [1.54, 1.807) is 0 Å². The van der Waals surface area contributed by atoms with Gasteiger partial charge in [0, 0.05) is 31.9 Å². The summed E-state index contributed by atoms with van der Waals surface area (Å²) in [5.74, 6) is 0.944. The number of aromatic nitrogens is 1. The molecule has 2 rings (SSSR count). The predicted octanol–water partition coefficient (Wildman–Crippen LogP) is 0.964. The molecule has 0 atom stereocenters. The monoisotopic (exact) mass is 206 g/mol. The zero-order chi connectivity index (χ0) is 10.7. The molecule has 0 aliphatic carbocycles. The molecule has 0 bridgehead atoms. The molecule has 0 saturated carbocycles. The number of nitrogens with zero attached hydrogens (tertiary/aromatic N) is 3. The fraction of sp³-hybridized carbons (Fsp3) is 0.545. The van der Waals surface area contributed by atoms with Gasteiger partial charge in [0.25, 0.3) is 0 Å². The predicted molar refractivity (Wildman–Crippen MR) is 61.7 cm³/mol. The van der Waals surface area contributed by atoms with Crippen LogP contribution in [0.3, 0.4) is 0 Å². The van der Waals surface area contributed by atoms with Crippen molar-refractivity contribution in [3.63, 3.8) is 0 Å². The number of anilines is 1. The van der Waals surface area contributed by atoms with Gasteiger partial charge in [0.1, 0.15) is 5.82 Å². The van der Waals surface area contributed by atoms with Gasteiger partial charge in [-0.05, 0) is 26.1 Å². The minimum atomic E-state index is 0.944. The minimum Gasteiger partial charge on any atom is -0.304 e. The second-order valence-corrected chi connectivity index (χ2v) is 4.07. The topological polar surface area (TPSA) is 31.4 Å². The molecule has 1 fully saturated rings. The highest BCUT2D eigenvalue weighted by Gasteiger charge is 2.13. The van der Waals surface area contributed by atoms with E-state index in [2.05, 4.69) is 27.4 Å². The van der Waals surface area contributed by atoms with E-state index in [1.807, 2.05) is 25.1 Å². The molecule has 15 heavy (non-hydrogen) atoms. The summed E-state index contributed by atoms with van der Waals surface area (Å²) in [7, 11) is 2.16. The summed E-state index contributed by atoms with van der Waals surface area (Å²) in [4.78, 5) is 6.76. The lowest BCUT2D eigenvalue weighted by Crippen LogP contribution is -2.47. The molecule has 1 N–H and O–H groups in total. The highest BCUT2D eigenvalue weighted by Crippen LogP contribution is 2.07. The van der Waals surface area contributed by atoms with Crippen LogP contribution in [-0.2, 0) is 0 Å². The summed E-state index contributed by atoms with van der Waals surface area (Å²) in [6, 6.07) is 6.04. The maximum Gasteiger partial charge on any atom is 0.140 e. The maximum atomic E-state index is 4.42. The van der Waals surface area contributed by atoms with Crippen LogP contribution in [0.15, 0.2) is 18.2 Å². The SMILES string of the molecule is Cc1cccc(NN2CCN(C)CC2)n1. The molecule has 1 aliphatic heterocycles. The fourth-order valence-corrected chi connectivity index (χ4v) is 1.69. The third kappa shape index (κ3) is 2.91. The Hall–Kier alpha value is -1.13. The van der Waals surface area contributed by atoms with Crippen molar-refractivity contribution in [3.05, 3.63) is 23.9 Å². The normalized spacial score (nSPS) is 19.1. The standard InChI is InChI=1S/C11H18N4/c1-10-4-3-5-11(12-10)13-15-8-6-14(2)7-9-15/h3-5H,6-9H2,1-2H3,(H,12,13). The van der Waals surface area contributed by atoms with Gasteiger partial charge in [-0.1, -0.05) is 6.07 Å². The van der Waals surface area contributed by atoms with Crippen LogP contribution >= 0.6 is 0 Å². The van der Waals surface area contributed by atoms with Crippen molar-refractivity contribution >= 4 is 5.82 Å². The summed E-state index contributed by atoms with van der Waals surface area (Å²) in [5.41, 5.74) is 4.39. The summed E-state index contributed by atoms with van der Waals surface area (Å²) in [6.45, 7) is 6.32. The number of aryl methyl sites for hydroxylation is 1. The molecular weight excluding hydrogens is 188 g/mol. The number of rotatable bonds is 2. The van der Waals surface area contributed by atoms with Crippen molar-refractivity contribution < 1.29 is 0 Å². The quantitative estimate of drug-likeness (QED) is 0.781. The maximum absolute atomic E-state index is 4.42. The van der Waals surface area contributed by atoms with Crippen LogP contribution in [0, 0.1) is 6.92 Å². The molecule has 1 aliphatic rings. The molecular formula is C11H18N4. The van der Waals surface area contributed by atoms with Crippen molar-refractivity contribution in [2.75, 3.05) is 38.7 Å². The number of hydrogen-bond donors (Lipinski definition) is 1. The molecule has 2 heterocycles. The van der Waals surface area contributed by atoms with E-state index >= 15 is 0 Å². The molecule has 4 nitrogen and oxygen atoms in total. The van der Waals surface area contributed by atoms with Crippen molar-refractivity contribution in [2.24, 2.45) is 0 Å². The number of piperazine rings is 1. The lowest BCUT2D eigenvalue weighted by atomic mass is 10.3. The van der Waals surface area contributed by atoms with Gasteiger partial charge < -0.3 is 10.3 Å². The summed E-state index contributed by atoms with van der Waals surface area (Å²) >= 11 is 0. The first-order valence-electron chi connectivity index (χ1n) is 5.38. The molecule has 0 radical (unpaired) electrons. The van der Waals surface area contributed by atoms with Gasteiger partial charge in [-0.25, -0.2) is 9.99 Å². The van der Waals surface area contributed by atoms with Crippen LogP contribution < -0.4 is 5.43 Å². The lowest BCUT2D eigenvalue weighted by Gasteiger charge is -2.32. The summed E-state index contributed by atoms with van der Waals surface area (Å²) in [6.07, 6.45) is 0. The van der Waals surface area contributed by atoms with Gasteiger partial charge in [-0.2, -0.15) is 0 Å². The van der Waals surface area contributed by atoms with E-state index in [9.17, 15) is 0 Å². The fourth-order valence-electron chi connectivity index (χ4n) is 1.69. The zero-order valence-corrected chi connectivity index (χ0v) is 9.40. The molecule has 0 aromatic carbocycles. The van der Waals surface area contributed by atoms with Crippen molar-refractivity contribution in [3.8, 4) is 0 Å². The Morgan fingerprint density at radius 1 is 1.20 bits per heavy atom. The second kappa shape index (κ2) is 4.59. The van der Waals surface area contributed by atoms with Gasteiger partial charge in [0.05, 0.1) is 0 Å². The highest BCUT2D eigenvalue weighted by molar-refractivity contribution is 5.33. The van der Waals surface area contributed by atoms with E-state index in [0.29, 0.717) is 0 Å². The first-order valence-corrected chi connectivity index (χ1v) is 5.38. The molecule has 0 spiro atoms. The first kappa shape index (κ1) is 10.4. The Kier molecular flexibility index (Phi) is 3.18. The largest absolute Gasteiger partial charge is 0.304 e. The molecule has 0 unspecified atom stereocenters. The Balaban J connectivity index is 1.92. The summed E-state index contributed by atoms with van der Waals surface area (Å²) < 4.78 is 0. The minimum absolute atomic E-state index is 0.944. The number of pyridine rings is 1. The Bertz CT molecular complexity index is 318. The molecule has 1 aromatic rings. The van der Waals surface area contributed by atoms with E-state index in [4.69, 9.17) is 0 Å². The smallest absolute Gasteiger partial charge is 0.140 e. The Labute approximate surface area is 90.9 Å². The molecule has 1 aromatic heterocycles. The van der Waals surface area contributed by atoms with E-state index in [-0.39, 0.29) is 0 Å². The molecule has 4 heteroatoms. The third-order valence-corrected chi connectivity index (χ3v) is 2.66. The van der Waals surface area contributed by atoms with Gasteiger partial charge in [-0.15, -0.1) is 0 Å². The van der Waals surface area contributed by atoms with E-state index in [1.165, 1.54) is 0 Å². The number of likely N-dealkylation sites (N-methyl/N-ethyl adjacent to an activating group) is 1. The average Bonchev–Trinajstić information content (AvgIpc) is 2.22. The van der Waals surface area contributed by atoms with E-state index < -0.39 is 0 Å². The first-order chi connectivity index (χ1) is 7.24. The number of hydrazine groups is 1. The zero-order valence-electron chi connectivity index (χ0n) is 9.40. The van der Waals surface area contributed by atoms with Crippen molar-refractivity contribution in [2.45, 2.75) is 6.92 Å². The van der Waals surface area contributed by atoms with Gasteiger partial charge in [-0.3, -0.25) is 0 Å². The van der Waals surface area contributed by atoms with Crippen LogP contribution in [0.2, 0.25) is 0 Å². The Morgan fingerprint density at radius 2 is 1.93 bits per heavy atom. The number of nitrogens with one attached hydrogen (secondary N) is 1. The van der Waals surface area contributed by atoms with Crippen LogP contribution in [0.1, 0.15) is 5.69 Å². The van der Waals surface area contributed by atoms with Crippen LogP contribution in [0.25, 0.3) is 0 Å². The molecule has 1 saturated heterocycles. The van der Waals surface area contributed by atoms with E-state index in [0.717, 1.165) is 37.7 Å². The Morgan fingerprint density at radius 3 is 2.60 bits per heavy atom. The van der Waals surface area contributed by atoms with Crippen LogP contribution in [0.4, 0.5) is 5.82 Å². The van der Waals surface area contributed by atoms with Crippen molar-refractivity contribution in [1.29, 1.82) is 0 Å². The highest BCUT2D eigenvalue weighted by atomic mass is 15.5. The number of hydrogen-bond acceptors (Lipinski definition) is 4. The lowest BCUT2D eigenvalue weighted by molar-refractivity contribution is 0.178. The van der Waals surface area contributed by atoms with Crippen molar-refractivity contribution in [1.82, 2.24) is 14.9 Å². The average molecular weight is 206 g/mol. The molecule has 82 valence electrons. The third-order valence-electron chi connectivity index (χ3n) is 2.66. The van der Waals surface area contributed by atoms with Crippen LogP contribution in [-0.4, -0.2) is 48.1 Å². The molecule has 0 amide bonds. The van der Waals surface area contributed by atoms with Gasteiger partial charge in [0.2, 0.25) is 0 Å². The summed E-state index contributed by atoms with van der Waals surface area (Å²) in [5, 5.41) is 2.22. The van der Waals surface area contributed by atoms with Gasteiger partial charge >= 0.3 is 0 Å².